The number of rotatable bonds is 6. The molecule has 0 spiro atoms. The average Bonchev–Trinajstić information content (AvgIpc) is 3.25. The number of carbonyl (C=O) groups excluding carboxylic acids is 1. The van der Waals surface area contributed by atoms with Crippen molar-refractivity contribution in [3.8, 4) is 0 Å². The lowest BCUT2D eigenvalue weighted by molar-refractivity contribution is 0.0743. The van der Waals surface area contributed by atoms with Crippen molar-refractivity contribution in [1.82, 2.24) is 9.62 Å². The highest BCUT2D eigenvalue weighted by molar-refractivity contribution is 7.91. The van der Waals surface area contributed by atoms with Gasteiger partial charge in [0.05, 0.1) is 5.56 Å². The van der Waals surface area contributed by atoms with E-state index in [-0.39, 0.29) is 15.3 Å². The van der Waals surface area contributed by atoms with Crippen LogP contribution >= 0.6 is 11.3 Å². The number of likely N-dealkylation sites (tertiary alicyclic amines) is 1. The number of piperidine rings is 1. The number of thiophene rings is 1. The van der Waals surface area contributed by atoms with Gasteiger partial charge in [0.2, 0.25) is 15.9 Å². The summed E-state index contributed by atoms with van der Waals surface area (Å²) < 4.78 is 28.1. The van der Waals surface area contributed by atoms with Crippen LogP contribution < -0.4 is 10.5 Å². The second-order valence-electron chi connectivity index (χ2n) is 6.82. The molecule has 24 heavy (non-hydrogen) atoms. The zero-order chi connectivity index (χ0) is 17.2. The zero-order valence-electron chi connectivity index (χ0n) is 13.8. The van der Waals surface area contributed by atoms with Crippen LogP contribution in [0.15, 0.2) is 15.7 Å². The van der Waals surface area contributed by atoms with Gasteiger partial charge in [0, 0.05) is 17.5 Å². The van der Waals surface area contributed by atoms with E-state index in [1.165, 1.54) is 30.7 Å². The third-order valence-corrected chi connectivity index (χ3v) is 8.12. The van der Waals surface area contributed by atoms with Crippen LogP contribution in [0.1, 0.15) is 55.3 Å². The molecule has 1 saturated heterocycles. The van der Waals surface area contributed by atoms with Gasteiger partial charge in [0.1, 0.15) is 4.21 Å². The number of sulfonamides is 1. The van der Waals surface area contributed by atoms with Crippen LogP contribution in [-0.4, -0.2) is 44.4 Å². The number of hydrogen-bond donors (Lipinski definition) is 2. The Kier molecular flexibility index (Phi) is 5.29. The van der Waals surface area contributed by atoms with Gasteiger partial charge in [0.15, 0.2) is 0 Å². The van der Waals surface area contributed by atoms with E-state index in [2.05, 4.69) is 9.62 Å². The summed E-state index contributed by atoms with van der Waals surface area (Å²) in [6.45, 7) is 2.57. The van der Waals surface area contributed by atoms with Gasteiger partial charge in [-0.25, -0.2) is 13.1 Å². The minimum atomic E-state index is -3.60. The topological polar surface area (TPSA) is 92.5 Å². The minimum absolute atomic E-state index is 0.0444. The average molecular weight is 372 g/mol. The van der Waals surface area contributed by atoms with Crippen LogP contribution in [0.3, 0.4) is 0 Å². The third-order valence-electron chi connectivity index (χ3n) is 5.28. The second-order valence-corrected chi connectivity index (χ2v) is 9.73. The molecule has 1 aliphatic heterocycles. The number of amides is 1. The molecule has 3 rings (SSSR count). The van der Waals surface area contributed by atoms with Crippen LogP contribution in [-0.2, 0) is 10.0 Å². The first-order chi connectivity index (χ1) is 11.4. The lowest BCUT2D eigenvalue weighted by Gasteiger charge is -2.43. The standard InChI is InChI=1S/C16H25N3O3S2/c17-15(20)13-10-14(23-11-13)24(21,22)18-12-16(6-2-3-7-16)19-8-4-1-5-9-19/h10-11,18H,1-9,12H2,(H2,17,20). The second kappa shape index (κ2) is 7.11. The first-order valence-electron chi connectivity index (χ1n) is 8.56. The Hall–Kier alpha value is -0.960. The van der Waals surface area contributed by atoms with Gasteiger partial charge in [-0.1, -0.05) is 19.3 Å². The zero-order valence-corrected chi connectivity index (χ0v) is 15.4. The summed E-state index contributed by atoms with van der Waals surface area (Å²) in [6, 6.07) is 1.36. The molecule has 2 heterocycles. The Labute approximate surface area is 147 Å². The van der Waals surface area contributed by atoms with E-state index in [0.29, 0.717) is 6.54 Å². The van der Waals surface area contributed by atoms with Crippen molar-refractivity contribution in [2.75, 3.05) is 19.6 Å². The Morgan fingerprint density at radius 2 is 1.88 bits per heavy atom. The van der Waals surface area contributed by atoms with Gasteiger partial charge in [-0.15, -0.1) is 11.3 Å². The molecule has 6 nitrogen and oxygen atoms in total. The fourth-order valence-corrected chi connectivity index (χ4v) is 6.23. The van der Waals surface area contributed by atoms with Crippen molar-refractivity contribution < 1.29 is 13.2 Å². The maximum atomic E-state index is 12.6. The van der Waals surface area contributed by atoms with E-state index >= 15 is 0 Å². The highest BCUT2D eigenvalue weighted by Gasteiger charge is 2.40. The molecule has 0 aromatic carbocycles. The van der Waals surface area contributed by atoms with Gasteiger partial charge >= 0.3 is 0 Å². The predicted molar refractivity (Wildman–Crippen MR) is 94.6 cm³/mol. The smallest absolute Gasteiger partial charge is 0.250 e. The summed E-state index contributed by atoms with van der Waals surface area (Å²) in [5.74, 6) is -0.603. The maximum absolute atomic E-state index is 12.6. The van der Waals surface area contributed by atoms with Crippen LogP contribution in [0.4, 0.5) is 0 Å². The third kappa shape index (κ3) is 3.66. The van der Waals surface area contributed by atoms with Gasteiger partial charge in [-0.05, 0) is 44.8 Å². The predicted octanol–water partition coefficient (Wildman–Crippen LogP) is 1.92. The molecule has 1 saturated carbocycles. The SMILES string of the molecule is NC(=O)c1csc(S(=O)(=O)NCC2(N3CCCCC3)CCCC2)c1. The Morgan fingerprint density at radius 3 is 2.46 bits per heavy atom. The van der Waals surface area contributed by atoms with E-state index in [1.54, 1.807) is 0 Å². The molecule has 8 heteroatoms. The fraction of sp³-hybridized carbons (Fsp3) is 0.688. The number of nitrogens with zero attached hydrogens (tertiary/aromatic N) is 1. The largest absolute Gasteiger partial charge is 0.366 e. The van der Waals surface area contributed by atoms with E-state index in [1.807, 2.05) is 0 Å². The molecular formula is C16H25N3O3S2. The molecule has 0 unspecified atom stereocenters. The Bertz CT molecular complexity index is 687. The summed E-state index contributed by atoms with van der Waals surface area (Å²) >= 11 is 1.04. The molecule has 1 aliphatic carbocycles. The Morgan fingerprint density at radius 1 is 1.21 bits per heavy atom. The van der Waals surface area contributed by atoms with Crippen LogP contribution in [0, 0.1) is 0 Å². The van der Waals surface area contributed by atoms with Crippen molar-refractivity contribution in [2.45, 2.75) is 54.7 Å². The number of nitrogens with two attached hydrogens (primary N) is 1. The van der Waals surface area contributed by atoms with Crippen molar-refractivity contribution in [3.63, 3.8) is 0 Å². The summed E-state index contributed by atoms with van der Waals surface area (Å²) in [7, 11) is -3.60. The molecule has 0 atom stereocenters. The quantitative estimate of drug-likeness (QED) is 0.799. The summed E-state index contributed by atoms with van der Waals surface area (Å²) in [5, 5.41) is 1.49. The summed E-state index contributed by atoms with van der Waals surface area (Å²) in [4.78, 5) is 13.7. The van der Waals surface area contributed by atoms with Crippen LogP contribution in [0.2, 0.25) is 0 Å². The number of carbonyl (C=O) groups is 1. The summed E-state index contributed by atoms with van der Waals surface area (Å²) in [6.07, 6.45) is 8.07. The van der Waals surface area contributed by atoms with Gasteiger partial charge in [0.25, 0.3) is 0 Å². The number of hydrogen-bond acceptors (Lipinski definition) is 5. The minimum Gasteiger partial charge on any atom is -0.366 e. The molecule has 0 bridgehead atoms. The monoisotopic (exact) mass is 371 g/mol. The van der Waals surface area contributed by atoms with Gasteiger partial charge in [-0.2, -0.15) is 0 Å². The molecule has 0 radical (unpaired) electrons. The van der Waals surface area contributed by atoms with Crippen molar-refractivity contribution in [2.24, 2.45) is 5.73 Å². The lowest BCUT2D eigenvalue weighted by Crippen LogP contribution is -2.55. The molecule has 1 amide bonds. The molecule has 2 fully saturated rings. The van der Waals surface area contributed by atoms with Crippen molar-refractivity contribution in [1.29, 1.82) is 0 Å². The molecule has 1 aromatic heterocycles. The van der Waals surface area contributed by atoms with E-state index in [9.17, 15) is 13.2 Å². The fourth-order valence-electron chi connectivity index (χ4n) is 3.89. The van der Waals surface area contributed by atoms with Gasteiger partial charge in [-0.3, -0.25) is 9.69 Å². The number of nitrogens with one attached hydrogen (secondary N) is 1. The molecule has 1 aromatic rings. The maximum Gasteiger partial charge on any atom is 0.250 e. The normalized spacial score (nSPS) is 21.8. The number of primary amides is 1. The van der Waals surface area contributed by atoms with Crippen LogP contribution in [0.5, 0.6) is 0 Å². The van der Waals surface area contributed by atoms with E-state index < -0.39 is 15.9 Å². The molecular weight excluding hydrogens is 346 g/mol. The summed E-state index contributed by atoms with van der Waals surface area (Å²) in [5.41, 5.74) is 5.41. The van der Waals surface area contributed by atoms with E-state index in [4.69, 9.17) is 5.73 Å². The highest BCUT2D eigenvalue weighted by atomic mass is 32.2. The lowest BCUT2D eigenvalue weighted by atomic mass is 9.92. The molecule has 2 aliphatic rings. The van der Waals surface area contributed by atoms with E-state index in [0.717, 1.165) is 50.1 Å². The molecule has 134 valence electrons. The van der Waals surface area contributed by atoms with Crippen LogP contribution in [0.25, 0.3) is 0 Å². The Balaban J connectivity index is 1.72. The first kappa shape index (κ1) is 17.8. The first-order valence-corrected chi connectivity index (χ1v) is 10.9. The van der Waals surface area contributed by atoms with Crippen molar-refractivity contribution >= 4 is 27.3 Å². The van der Waals surface area contributed by atoms with Crippen molar-refractivity contribution in [3.05, 3.63) is 17.0 Å². The van der Waals surface area contributed by atoms with Gasteiger partial charge < -0.3 is 5.73 Å². The highest BCUT2D eigenvalue weighted by Crippen LogP contribution is 2.37. The molecule has 3 N–H and O–H groups in total.